The van der Waals surface area contributed by atoms with Crippen LogP contribution in [-0.4, -0.2) is 30.7 Å². The number of aromatic nitrogens is 1. The van der Waals surface area contributed by atoms with Crippen LogP contribution in [0.25, 0.3) is 0 Å². The van der Waals surface area contributed by atoms with Gasteiger partial charge in [-0.1, -0.05) is 24.7 Å². The van der Waals surface area contributed by atoms with E-state index in [-0.39, 0.29) is 10.8 Å². The second-order valence-corrected chi connectivity index (χ2v) is 8.77. The molecule has 0 spiro atoms. The number of aromatic amines is 1. The molecule has 2 rings (SSSR count). The molecule has 0 radical (unpaired) electrons. The van der Waals surface area contributed by atoms with Crippen LogP contribution in [0.2, 0.25) is 0 Å². The molecule has 1 fully saturated rings. The van der Waals surface area contributed by atoms with E-state index in [1.807, 2.05) is 0 Å². The third-order valence-electron chi connectivity index (χ3n) is 4.23. The minimum absolute atomic E-state index is 0.00153. The molecule has 21 heavy (non-hydrogen) atoms. The highest BCUT2D eigenvalue weighted by molar-refractivity contribution is 7.91. The van der Waals surface area contributed by atoms with Gasteiger partial charge in [0.1, 0.15) is 0 Å². The Morgan fingerprint density at radius 1 is 1.43 bits per heavy atom. The minimum Gasteiger partial charge on any atom is -0.389 e. The summed E-state index contributed by atoms with van der Waals surface area (Å²) in [5, 5.41) is 10.5. The first-order valence-electron chi connectivity index (χ1n) is 7.17. The summed E-state index contributed by atoms with van der Waals surface area (Å²) in [5.74, 6) is 0.624. The number of hydrogen-bond acceptors (Lipinski definition) is 5. The van der Waals surface area contributed by atoms with Crippen molar-refractivity contribution in [3.8, 4) is 0 Å². The van der Waals surface area contributed by atoms with E-state index < -0.39 is 20.5 Å². The topological polar surface area (TPSA) is 99.3 Å². The highest BCUT2D eigenvalue weighted by Gasteiger charge is 2.34. The Morgan fingerprint density at radius 3 is 2.52 bits per heavy atom. The molecule has 1 aromatic heterocycles. The van der Waals surface area contributed by atoms with Crippen LogP contribution in [0, 0.1) is 12.8 Å². The number of hydrogen-bond donors (Lipinski definition) is 3. The average Bonchev–Trinajstić information content (AvgIpc) is 2.78. The van der Waals surface area contributed by atoms with Crippen LogP contribution < -0.4 is 9.60 Å². The zero-order valence-electron chi connectivity index (χ0n) is 12.3. The van der Waals surface area contributed by atoms with E-state index in [9.17, 15) is 18.3 Å². The molecule has 1 heterocycles. The summed E-state index contributed by atoms with van der Waals surface area (Å²) < 4.78 is 26.8. The lowest BCUT2D eigenvalue weighted by Gasteiger charge is -2.35. The number of aryl methyl sites for hydroxylation is 1. The molecular weight excluding hydrogens is 312 g/mol. The van der Waals surface area contributed by atoms with E-state index in [1.54, 1.807) is 6.92 Å². The average molecular weight is 334 g/mol. The first kappa shape index (κ1) is 16.7. The zero-order valence-corrected chi connectivity index (χ0v) is 13.9. The van der Waals surface area contributed by atoms with Crippen molar-refractivity contribution in [3.05, 3.63) is 15.4 Å². The molecule has 8 heteroatoms. The second kappa shape index (κ2) is 6.20. The predicted molar refractivity (Wildman–Crippen MR) is 82.1 cm³/mol. The van der Waals surface area contributed by atoms with Crippen LogP contribution in [-0.2, 0) is 10.0 Å². The summed E-state index contributed by atoms with van der Waals surface area (Å²) in [5.41, 5.74) is -0.646. The maximum absolute atomic E-state index is 12.2. The van der Waals surface area contributed by atoms with Crippen molar-refractivity contribution in [3.63, 3.8) is 0 Å². The highest BCUT2D eigenvalue weighted by Crippen LogP contribution is 2.33. The van der Waals surface area contributed by atoms with E-state index in [1.165, 1.54) is 0 Å². The van der Waals surface area contributed by atoms with Crippen molar-refractivity contribution >= 4 is 21.4 Å². The van der Waals surface area contributed by atoms with Crippen molar-refractivity contribution in [1.29, 1.82) is 0 Å². The van der Waals surface area contributed by atoms with Gasteiger partial charge in [0.05, 0.1) is 5.60 Å². The molecule has 0 amide bonds. The van der Waals surface area contributed by atoms with Gasteiger partial charge in [-0.2, -0.15) is 0 Å². The van der Waals surface area contributed by atoms with Crippen molar-refractivity contribution in [2.75, 3.05) is 6.54 Å². The lowest BCUT2D eigenvalue weighted by atomic mass is 9.78. The minimum atomic E-state index is -3.75. The summed E-state index contributed by atoms with van der Waals surface area (Å²) in [6.07, 6.45) is 4.15. The van der Waals surface area contributed by atoms with Crippen LogP contribution in [0.15, 0.2) is 9.00 Å². The van der Waals surface area contributed by atoms with E-state index in [0.717, 1.165) is 19.3 Å². The van der Waals surface area contributed by atoms with Crippen molar-refractivity contribution < 1.29 is 13.5 Å². The fourth-order valence-corrected chi connectivity index (χ4v) is 5.20. The van der Waals surface area contributed by atoms with Gasteiger partial charge in [0.15, 0.2) is 4.21 Å². The second-order valence-electron chi connectivity index (χ2n) is 5.83. The molecule has 1 saturated carbocycles. The predicted octanol–water partition coefficient (Wildman–Crippen LogP) is 1.35. The number of nitrogens with one attached hydrogen (secondary N) is 2. The van der Waals surface area contributed by atoms with E-state index >= 15 is 0 Å². The Hall–Kier alpha value is -0.700. The lowest BCUT2D eigenvalue weighted by molar-refractivity contribution is -0.00442. The van der Waals surface area contributed by atoms with Crippen LogP contribution in [0.3, 0.4) is 0 Å². The molecule has 0 aliphatic heterocycles. The summed E-state index contributed by atoms with van der Waals surface area (Å²) in [7, 11) is -3.75. The van der Waals surface area contributed by atoms with Crippen LogP contribution >= 0.6 is 11.3 Å². The van der Waals surface area contributed by atoms with Crippen molar-refractivity contribution in [2.24, 2.45) is 5.92 Å². The first-order valence-corrected chi connectivity index (χ1v) is 9.47. The zero-order chi connectivity index (χ0) is 15.7. The lowest BCUT2D eigenvalue weighted by Crippen LogP contribution is -2.45. The fraction of sp³-hybridized carbons (Fsp3) is 0.769. The Balaban J connectivity index is 2.02. The molecule has 1 aromatic rings. The molecule has 6 nitrogen and oxygen atoms in total. The van der Waals surface area contributed by atoms with Gasteiger partial charge >= 0.3 is 4.87 Å². The maximum atomic E-state index is 12.2. The molecule has 120 valence electrons. The quantitative estimate of drug-likeness (QED) is 0.757. The molecule has 1 aliphatic rings. The number of aliphatic hydroxyl groups is 1. The van der Waals surface area contributed by atoms with Crippen LogP contribution in [0.5, 0.6) is 0 Å². The maximum Gasteiger partial charge on any atom is 0.305 e. The van der Waals surface area contributed by atoms with Crippen LogP contribution in [0.4, 0.5) is 0 Å². The van der Waals surface area contributed by atoms with Gasteiger partial charge in [0, 0.05) is 12.2 Å². The molecule has 0 aromatic carbocycles. The van der Waals surface area contributed by atoms with Gasteiger partial charge in [-0.25, -0.2) is 13.1 Å². The van der Waals surface area contributed by atoms with Gasteiger partial charge in [-0.3, -0.25) is 4.79 Å². The summed E-state index contributed by atoms with van der Waals surface area (Å²) in [6, 6.07) is 0. The van der Waals surface area contributed by atoms with E-state index in [4.69, 9.17) is 0 Å². The van der Waals surface area contributed by atoms with E-state index in [0.29, 0.717) is 35.8 Å². The Kier molecular flexibility index (Phi) is 4.92. The monoisotopic (exact) mass is 334 g/mol. The highest BCUT2D eigenvalue weighted by atomic mass is 32.2. The largest absolute Gasteiger partial charge is 0.389 e. The molecule has 1 aliphatic carbocycles. The number of H-pyrrole nitrogens is 1. The Labute approximate surface area is 128 Å². The van der Waals surface area contributed by atoms with Gasteiger partial charge in [0.25, 0.3) is 10.0 Å². The Bertz CT molecular complexity index is 639. The third-order valence-corrected chi connectivity index (χ3v) is 7.24. The van der Waals surface area contributed by atoms with Crippen molar-refractivity contribution in [1.82, 2.24) is 9.71 Å². The normalized spacial score (nSPS) is 26.9. The van der Waals surface area contributed by atoms with Gasteiger partial charge in [-0.15, -0.1) is 0 Å². The molecule has 3 N–H and O–H groups in total. The summed E-state index contributed by atoms with van der Waals surface area (Å²) in [4.78, 5) is 13.3. The third kappa shape index (κ3) is 3.94. The number of thiazole rings is 1. The Morgan fingerprint density at radius 2 is 2.05 bits per heavy atom. The van der Waals surface area contributed by atoms with E-state index in [2.05, 4.69) is 16.6 Å². The molecule has 0 saturated heterocycles. The van der Waals surface area contributed by atoms with Gasteiger partial charge in [0.2, 0.25) is 0 Å². The SMILES string of the molecule is CCC1CCC(O)(CNS(=O)(=O)c2sc(=O)[nH]c2C)CC1. The van der Waals surface area contributed by atoms with Gasteiger partial charge < -0.3 is 10.1 Å². The summed E-state index contributed by atoms with van der Waals surface area (Å²) >= 11 is 0.668. The molecule has 0 bridgehead atoms. The van der Waals surface area contributed by atoms with Crippen molar-refractivity contribution in [2.45, 2.75) is 55.8 Å². The molecular formula is C13H22N2O4S2. The fourth-order valence-electron chi connectivity index (χ4n) is 2.74. The summed E-state index contributed by atoms with van der Waals surface area (Å²) in [6.45, 7) is 3.68. The molecule has 0 unspecified atom stereocenters. The standard InChI is InChI=1S/C13H22N2O4S2/c1-3-10-4-6-13(17,7-5-10)8-14-21(18,19)11-9(2)15-12(16)20-11/h10,14,17H,3-8H2,1-2H3,(H,15,16). The first-order chi connectivity index (χ1) is 9.76. The van der Waals surface area contributed by atoms with Crippen LogP contribution in [0.1, 0.15) is 44.7 Å². The number of rotatable bonds is 5. The number of sulfonamides is 1. The molecule has 0 atom stereocenters. The smallest absolute Gasteiger partial charge is 0.305 e. The van der Waals surface area contributed by atoms with Gasteiger partial charge in [-0.05, 0) is 38.5 Å².